The van der Waals surface area contributed by atoms with E-state index >= 15 is 0 Å². The van der Waals surface area contributed by atoms with Gasteiger partial charge in [0.05, 0.1) is 24.9 Å². The number of carbonyl (C=O) groups excluding carboxylic acids is 1. The van der Waals surface area contributed by atoms with Crippen molar-refractivity contribution < 1.29 is 27.4 Å². The normalized spacial score (nSPS) is 22.9. The maximum absolute atomic E-state index is 13.2. The number of hydrogen-bond acceptors (Lipinski definition) is 4. The highest BCUT2D eigenvalue weighted by atomic mass is 19.4. The summed E-state index contributed by atoms with van der Waals surface area (Å²) in [5, 5.41) is 2.97. The average Bonchev–Trinajstić information content (AvgIpc) is 3.16. The molecule has 0 bridgehead atoms. The van der Waals surface area contributed by atoms with Gasteiger partial charge in [-0.3, -0.25) is 4.79 Å². The fraction of sp³-hybridized carbons (Fsp3) is 0.344. The molecule has 5 nitrogen and oxygen atoms in total. The van der Waals surface area contributed by atoms with Gasteiger partial charge in [-0.2, -0.15) is 13.2 Å². The van der Waals surface area contributed by atoms with Crippen LogP contribution in [0.1, 0.15) is 37.0 Å². The summed E-state index contributed by atoms with van der Waals surface area (Å²) < 4.78 is 50.7. The Morgan fingerprint density at radius 3 is 2.40 bits per heavy atom. The number of amides is 1. The van der Waals surface area contributed by atoms with Gasteiger partial charge in [-0.25, -0.2) is 0 Å². The van der Waals surface area contributed by atoms with Crippen LogP contribution in [0.5, 0.6) is 5.75 Å². The molecule has 5 rings (SSSR count). The monoisotopic (exact) mass is 550 g/mol. The topological polar surface area (TPSA) is 73.6 Å². The Bertz CT molecular complexity index is 1380. The molecular formula is C32H33F3N2O3. The van der Waals surface area contributed by atoms with Gasteiger partial charge in [0.25, 0.3) is 5.91 Å². The summed E-state index contributed by atoms with van der Waals surface area (Å²) in [6.07, 6.45) is -1.36. The maximum atomic E-state index is 13.2. The fourth-order valence-electron chi connectivity index (χ4n) is 5.25. The smallest absolute Gasteiger partial charge is 0.416 e. The Kier molecular flexibility index (Phi) is 8.01. The van der Waals surface area contributed by atoms with Crippen molar-refractivity contribution in [3.05, 3.63) is 89.0 Å². The Hall–Kier alpha value is -3.62. The molecule has 2 aliphatic heterocycles. The molecule has 2 heterocycles. The molecule has 8 heteroatoms. The molecule has 0 spiro atoms. The third-order valence-electron chi connectivity index (χ3n) is 7.88. The highest BCUT2D eigenvalue weighted by Crippen LogP contribution is 2.34. The van der Waals surface area contributed by atoms with Gasteiger partial charge >= 0.3 is 6.18 Å². The quantitative estimate of drug-likeness (QED) is 0.370. The highest BCUT2D eigenvalue weighted by Gasteiger charge is 2.33. The molecule has 40 heavy (non-hydrogen) atoms. The number of rotatable bonds is 5. The Morgan fingerprint density at radius 1 is 1.00 bits per heavy atom. The summed E-state index contributed by atoms with van der Waals surface area (Å²) in [5.41, 5.74) is 10.1. The van der Waals surface area contributed by atoms with Crippen LogP contribution in [0.15, 0.2) is 72.3 Å². The fourth-order valence-corrected chi connectivity index (χ4v) is 5.25. The van der Waals surface area contributed by atoms with Gasteiger partial charge in [0, 0.05) is 29.3 Å². The summed E-state index contributed by atoms with van der Waals surface area (Å²) in [6.45, 7) is 5.25. The predicted octanol–water partition coefficient (Wildman–Crippen LogP) is 6.72. The van der Waals surface area contributed by atoms with Gasteiger partial charge in [-0.15, -0.1) is 0 Å². The zero-order valence-corrected chi connectivity index (χ0v) is 22.5. The zero-order chi connectivity index (χ0) is 28.4. The van der Waals surface area contributed by atoms with Crippen LogP contribution in [0.4, 0.5) is 18.9 Å². The van der Waals surface area contributed by atoms with Crippen LogP contribution in [0, 0.1) is 11.8 Å². The first-order chi connectivity index (χ1) is 19.1. The van der Waals surface area contributed by atoms with Crippen molar-refractivity contribution in [1.29, 1.82) is 0 Å². The summed E-state index contributed by atoms with van der Waals surface area (Å²) in [4.78, 5) is 13.2. The van der Waals surface area contributed by atoms with Crippen molar-refractivity contribution in [1.82, 2.24) is 0 Å². The number of fused-ring (bicyclic) bond motifs is 1. The second-order valence-electron chi connectivity index (χ2n) is 10.7. The minimum Gasteiger partial charge on any atom is -0.493 e. The van der Waals surface area contributed by atoms with E-state index in [2.05, 4.69) is 19.2 Å². The van der Waals surface area contributed by atoms with Crippen molar-refractivity contribution in [2.75, 3.05) is 18.5 Å². The van der Waals surface area contributed by atoms with Gasteiger partial charge < -0.3 is 20.5 Å². The Morgan fingerprint density at radius 2 is 1.70 bits per heavy atom. The van der Waals surface area contributed by atoms with E-state index in [1.807, 2.05) is 30.3 Å². The standard InChI is InChI=1S/C32H33F3N2O3/c1-19-18-40-29(20(2)30(19)36)15-21-3-10-27(11-4-21)37-31(38)24-13-14-39-28-12-7-23(16-25(28)17-24)22-5-8-26(9-6-22)32(33,34)35/h3-12,16-17,19-20,29-30H,13-15,18,36H2,1-2H3,(H,37,38). The van der Waals surface area contributed by atoms with Crippen molar-refractivity contribution >= 4 is 17.7 Å². The number of anilines is 1. The highest BCUT2D eigenvalue weighted by molar-refractivity contribution is 6.07. The lowest BCUT2D eigenvalue weighted by Gasteiger charge is -2.38. The molecule has 2 aliphatic rings. The number of carbonyl (C=O) groups is 1. The molecule has 0 aromatic heterocycles. The predicted molar refractivity (Wildman–Crippen MR) is 150 cm³/mol. The van der Waals surface area contributed by atoms with Crippen LogP contribution < -0.4 is 15.8 Å². The van der Waals surface area contributed by atoms with Crippen LogP contribution in [0.2, 0.25) is 0 Å². The van der Waals surface area contributed by atoms with Crippen LogP contribution in [-0.4, -0.2) is 31.3 Å². The number of alkyl halides is 3. The van der Waals surface area contributed by atoms with E-state index < -0.39 is 11.7 Å². The molecule has 3 aromatic rings. The molecule has 1 saturated heterocycles. The summed E-state index contributed by atoms with van der Waals surface area (Å²) in [7, 11) is 0. The van der Waals surface area contributed by atoms with E-state index in [0.29, 0.717) is 53.7 Å². The van der Waals surface area contributed by atoms with Crippen LogP contribution >= 0.6 is 0 Å². The molecule has 210 valence electrons. The molecule has 1 amide bonds. The van der Waals surface area contributed by atoms with E-state index in [0.717, 1.165) is 29.7 Å². The first-order valence-corrected chi connectivity index (χ1v) is 13.5. The van der Waals surface area contributed by atoms with E-state index in [1.165, 1.54) is 12.1 Å². The minimum absolute atomic E-state index is 0.0651. The van der Waals surface area contributed by atoms with E-state index in [4.69, 9.17) is 15.2 Å². The van der Waals surface area contributed by atoms with Crippen molar-refractivity contribution in [3.8, 4) is 16.9 Å². The van der Waals surface area contributed by atoms with Crippen LogP contribution in [0.3, 0.4) is 0 Å². The van der Waals surface area contributed by atoms with Crippen molar-refractivity contribution in [2.24, 2.45) is 17.6 Å². The van der Waals surface area contributed by atoms with Crippen LogP contribution in [-0.2, 0) is 22.1 Å². The lowest BCUT2D eigenvalue weighted by Crippen LogP contribution is -2.49. The Labute approximate surface area is 232 Å². The largest absolute Gasteiger partial charge is 0.493 e. The number of benzene rings is 3. The molecule has 1 fully saturated rings. The number of nitrogens with one attached hydrogen (secondary N) is 1. The number of nitrogens with two attached hydrogens (primary N) is 1. The van der Waals surface area contributed by atoms with Crippen molar-refractivity contribution in [2.45, 2.75) is 45.0 Å². The lowest BCUT2D eigenvalue weighted by molar-refractivity contribution is -0.137. The molecule has 3 N–H and O–H groups in total. The van der Waals surface area contributed by atoms with E-state index in [1.54, 1.807) is 18.2 Å². The lowest BCUT2D eigenvalue weighted by atomic mass is 9.83. The average molecular weight is 551 g/mol. The summed E-state index contributed by atoms with van der Waals surface area (Å²) >= 11 is 0. The minimum atomic E-state index is -4.39. The molecule has 4 unspecified atom stereocenters. The number of hydrogen-bond donors (Lipinski definition) is 2. The van der Waals surface area contributed by atoms with Crippen LogP contribution in [0.25, 0.3) is 17.2 Å². The second-order valence-corrected chi connectivity index (χ2v) is 10.7. The first kappa shape index (κ1) is 27.9. The van der Waals surface area contributed by atoms with E-state index in [9.17, 15) is 18.0 Å². The van der Waals surface area contributed by atoms with Gasteiger partial charge in [0.1, 0.15) is 5.75 Å². The third kappa shape index (κ3) is 6.24. The number of halogens is 3. The molecule has 0 saturated carbocycles. The molecule has 0 aliphatic carbocycles. The maximum Gasteiger partial charge on any atom is 0.416 e. The Balaban J connectivity index is 1.27. The molecular weight excluding hydrogens is 517 g/mol. The second kappa shape index (κ2) is 11.5. The zero-order valence-electron chi connectivity index (χ0n) is 22.5. The summed E-state index contributed by atoms with van der Waals surface area (Å²) in [5.74, 6) is 0.996. The van der Waals surface area contributed by atoms with Gasteiger partial charge in [0.15, 0.2) is 0 Å². The van der Waals surface area contributed by atoms with E-state index in [-0.39, 0.29) is 24.0 Å². The van der Waals surface area contributed by atoms with Gasteiger partial charge in [0.2, 0.25) is 0 Å². The van der Waals surface area contributed by atoms with Crippen molar-refractivity contribution in [3.63, 3.8) is 0 Å². The summed E-state index contributed by atoms with van der Waals surface area (Å²) in [6, 6.07) is 18.3. The number of ether oxygens (including phenoxy) is 2. The molecule has 0 radical (unpaired) electrons. The third-order valence-corrected chi connectivity index (χ3v) is 7.88. The van der Waals surface area contributed by atoms with Gasteiger partial charge in [-0.1, -0.05) is 44.2 Å². The first-order valence-electron chi connectivity index (χ1n) is 13.5. The molecule has 4 atom stereocenters. The SMILES string of the molecule is CC1COC(Cc2ccc(NC(=O)C3=Cc4cc(-c5ccc(C(F)(F)F)cc5)ccc4OCC3)cc2)C(C)C1N. The van der Waals surface area contributed by atoms with Gasteiger partial charge in [-0.05, 0) is 77.4 Å². The molecule has 3 aromatic carbocycles.